The molecule has 0 bridgehead atoms. The van der Waals surface area contributed by atoms with Gasteiger partial charge in [0.05, 0.1) is 13.0 Å². The summed E-state index contributed by atoms with van der Waals surface area (Å²) in [6, 6.07) is 16.7. The Kier molecular flexibility index (Phi) is 6.29. The lowest BCUT2D eigenvalue weighted by molar-refractivity contribution is -0.133. The van der Waals surface area contributed by atoms with Crippen molar-refractivity contribution in [2.45, 2.75) is 26.8 Å². The summed E-state index contributed by atoms with van der Waals surface area (Å²) >= 11 is 0. The average Bonchev–Trinajstić information content (AvgIpc) is 2.66. The molecular weight excluding hydrogens is 324 g/mol. The zero-order valence-corrected chi connectivity index (χ0v) is 15.8. The highest BCUT2D eigenvalue weighted by atomic mass is 16.5. The van der Waals surface area contributed by atoms with E-state index in [0.29, 0.717) is 13.0 Å². The minimum absolute atomic E-state index is 0.190. The second-order valence-electron chi connectivity index (χ2n) is 7.01. The Morgan fingerprint density at radius 2 is 1.73 bits per heavy atom. The highest BCUT2D eigenvalue weighted by Gasteiger charge is 2.21. The van der Waals surface area contributed by atoms with Gasteiger partial charge < -0.3 is 9.64 Å². The van der Waals surface area contributed by atoms with Crippen LogP contribution in [0.4, 0.5) is 0 Å². The Balaban J connectivity index is 1.40. The fourth-order valence-electron chi connectivity index (χ4n) is 3.27. The van der Waals surface area contributed by atoms with Crippen molar-refractivity contribution in [2.75, 3.05) is 32.8 Å². The van der Waals surface area contributed by atoms with E-state index in [4.69, 9.17) is 4.74 Å². The largest absolute Gasteiger partial charge is 0.493 e. The molecular formula is C22H28N2O2. The van der Waals surface area contributed by atoms with Gasteiger partial charge in [0.1, 0.15) is 5.75 Å². The molecule has 3 rings (SSSR count). The van der Waals surface area contributed by atoms with Crippen LogP contribution in [0.2, 0.25) is 0 Å². The fraction of sp³-hybridized carbons (Fsp3) is 0.409. The van der Waals surface area contributed by atoms with Crippen molar-refractivity contribution in [1.82, 2.24) is 9.80 Å². The van der Waals surface area contributed by atoms with Crippen LogP contribution in [0.5, 0.6) is 5.75 Å². The molecule has 1 amide bonds. The van der Waals surface area contributed by atoms with Crippen molar-refractivity contribution in [3.63, 3.8) is 0 Å². The number of rotatable bonds is 6. The monoisotopic (exact) mass is 352 g/mol. The molecule has 0 N–H and O–H groups in total. The molecule has 4 nitrogen and oxygen atoms in total. The molecule has 0 saturated carbocycles. The Labute approximate surface area is 156 Å². The van der Waals surface area contributed by atoms with Gasteiger partial charge in [-0.25, -0.2) is 0 Å². The van der Waals surface area contributed by atoms with Crippen LogP contribution in [0.25, 0.3) is 0 Å². The number of benzene rings is 2. The van der Waals surface area contributed by atoms with E-state index in [1.807, 2.05) is 30.9 Å². The van der Waals surface area contributed by atoms with E-state index < -0.39 is 0 Å². The lowest BCUT2D eigenvalue weighted by Crippen LogP contribution is -2.48. The van der Waals surface area contributed by atoms with Crippen LogP contribution in [0.3, 0.4) is 0 Å². The van der Waals surface area contributed by atoms with Crippen molar-refractivity contribution in [1.29, 1.82) is 0 Å². The van der Waals surface area contributed by atoms with Gasteiger partial charge >= 0.3 is 0 Å². The van der Waals surface area contributed by atoms with E-state index in [0.717, 1.165) is 44.0 Å². The Hall–Kier alpha value is -2.33. The van der Waals surface area contributed by atoms with E-state index >= 15 is 0 Å². The Morgan fingerprint density at radius 1 is 1.00 bits per heavy atom. The summed E-state index contributed by atoms with van der Waals surface area (Å²) in [6.45, 7) is 8.93. The van der Waals surface area contributed by atoms with Gasteiger partial charge in [-0.2, -0.15) is 0 Å². The number of amides is 1. The van der Waals surface area contributed by atoms with Gasteiger partial charge in [0.15, 0.2) is 0 Å². The first-order valence-corrected chi connectivity index (χ1v) is 9.36. The molecule has 1 aliphatic heterocycles. The van der Waals surface area contributed by atoms with Gasteiger partial charge in [-0.15, -0.1) is 0 Å². The Bertz CT molecular complexity index is 722. The molecule has 0 radical (unpaired) electrons. The number of hydrogen-bond donors (Lipinski definition) is 0. The smallest absolute Gasteiger partial charge is 0.226 e. The summed E-state index contributed by atoms with van der Waals surface area (Å²) in [5.41, 5.74) is 3.61. The van der Waals surface area contributed by atoms with Gasteiger partial charge in [-0.3, -0.25) is 9.69 Å². The topological polar surface area (TPSA) is 32.8 Å². The van der Waals surface area contributed by atoms with E-state index in [9.17, 15) is 4.79 Å². The lowest BCUT2D eigenvalue weighted by atomic mass is 10.1. The summed E-state index contributed by atoms with van der Waals surface area (Å²) in [5, 5.41) is 0. The van der Waals surface area contributed by atoms with Crippen molar-refractivity contribution < 1.29 is 9.53 Å². The summed E-state index contributed by atoms with van der Waals surface area (Å²) in [6.07, 6.45) is 0.437. The number of carbonyl (C=O) groups is 1. The maximum absolute atomic E-state index is 12.4. The van der Waals surface area contributed by atoms with Crippen LogP contribution >= 0.6 is 0 Å². The van der Waals surface area contributed by atoms with Crippen LogP contribution in [0.15, 0.2) is 48.5 Å². The maximum atomic E-state index is 12.4. The van der Waals surface area contributed by atoms with Crippen LogP contribution < -0.4 is 4.74 Å². The highest BCUT2D eigenvalue weighted by Crippen LogP contribution is 2.19. The highest BCUT2D eigenvalue weighted by molar-refractivity contribution is 5.76. The third kappa shape index (κ3) is 5.09. The van der Waals surface area contributed by atoms with Gasteiger partial charge in [0, 0.05) is 32.7 Å². The zero-order valence-electron chi connectivity index (χ0n) is 15.8. The predicted molar refractivity (Wildman–Crippen MR) is 104 cm³/mol. The molecule has 0 unspecified atom stereocenters. The average molecular weight is 352 g/mol. The third-order valence-electron chi connectivity index (χ3n) is 4.89. The van der Waals surface area contributed by atoms with Gasteiger partial charge in [-0.1, -0.05) is 42.5 Å². The molecule has 0 aromatic heterocycles. The molecule has 2 aromatic rings. The molecule has 4 heteroatoms. The van der Waals surface area contributed by atoms with E-state index in [1.54, 1.807) is 0 Å². The second-order valence-corrected chi connectivity index (χ2v) is 7.01. The van der Waals surface area contributed by atoms with Crippen molar-refractivity contribution >= 4 is 5.91 Å². The minimum atomic E-state index is 0.190. The van der Waals surface area contributed by atoms with Crippen LogP contribution in [-0.2, 0) is 11.3 Å². The van der Waals surface area contributed by atoms with Crippen molar-refractivity contribution in [3.05, 3.63) is 65.2 Å². The summed E-state index contributed by atoms with van der Waals surface area (Å²) in [7, 11) is 0. The standard InChI is InChI=1S/C22H28N2O2/c1-18-8-9-19(2)21(16-18)26-15-10-22(25)24-13-11-23(12-14-24)17-20-6-4-3-5-7-20/h3-9,16H,10-15,17H2,1-2H3. The lowest BCUT2D eigenvalue weighted by Gasteiger charge is -2.34. The summed E-state index contributed by atoms with van der Waals surface area (Å²) in [4.78, 5) is 16.8. The van der Waals surface area contributed by atoms with Gasteiger partial charge in [-0.05, 0) is 36.6 Å². The molecule has 0 aliphatic carbocycles. The number of carbonyl (C=O) groups excluding carboxylic acids is 1. The van der Waals surface area contributed by atoms with Crippen molar-refractivity contribution in [2.24, 2.45) is 0 Å². The first-order valence-electron chi connectivity index (χ1n) is 9.36. The van der Waals surface area contributed by atoms with Crippen LogP contribution in [-0.4, -0.2) is 48.5 Å². The summed E-state index contributed by atoms with van der Waals surface area (Å²) < 4.78 is 5.82. The molecule has 138 valence electrons. The first kappa shape index (κ1) is 18.5. The SMILES string of the molecule is Cc1ccc(C)c(OCCC(=O)N2CCN(Cc3ccccc3)CC2)c1. The zero-order chi connectivity index (χ0) is 18.4. The maximum Gasteiger partial charge on any atom is 0.226 e. The minimum Gasteiger partial charge on any atom is -0.493 e. The van der Waals surface area contributed by atoms with Crippen LogP contribution in [0, 0.1) is 13.8 Å². The number of nitrogens with zero attached hydrogens (tertiary/aromatic N) is 2. The molecule has 0 atom stereocenters. The number of piperazine rings is 1. The van der Waals surface area contributed by atoms with Gasteiger partial charge in [0.2, 0.25) is 5.91 Å². The number of hydrogen-bond acceptors (Lipinski definition) is 3. The molecule has 1 saturated heterocycles. The molecule has 2 aromatic carbocycles. The molecule has 1 fully saturated rings. The Morgan fingerprint density at radius 3 is 2.46 bits per heavy atom. The second kappa shape index (κ2) is 8.86. The van der Waals surface area contributed by atoms with E-state index in [2.05, 4.69) is 41.3 Å². The van der Waals surface area contributed by atoms with E-state index in [1.165, 1.54) is 11.1 Å². The van der Waals surface area contributed by atoms with Gasteiger partial charge in [0.25, 0.3) is 0 Å². The van der Waals surface area contributed by atoms with E-state index in [-0.39, 0.29) is 5.91 Å². The summed E-state index contributed by atoms with van der Waals surface area (Å²) in [5.74, 6) is 1.07. The fourth-order valence-corrected chi connectivity index (χ4v) is 3.27. The molecule has 1 aliphatic rings. The molecule has 26 heavy (non-hydrogen) atoms. The quantitative estimate of drug-likeness (QED) is 0.799. The third-order valence-corrected chi connectivity index (χ3v) is 4.89. The van der Waals surface area contributed by atoms with Crippen molar-refractivity contribution in [3.8, 4) is 5.75 Å². The normalized spacial score (nSPS) is 15.1. The number of aryl methyl sites for hydroxylation is 2. The molecule has 1 heterocycles. The molecule has 0 spiro atoms. The number of ether oxygens (including phenoxy) is 1. The van der Waals surface area contributed by atoms with Crippen LogP contribution in [0.1, 0.15) is 23.1 Å². The first-order chi connectivity index (χ1) is 12.6. The predicted octanol–water partition coefficient (Wildman–Crippen LogP) is 3.42.